The van der Waals surface area contributed by atoms with E-state index >= 15 is 0 Å². The van der Waals surface area contributed by atoms with E-state index < -0.39 is 12.3 Å². The minimum atomic E-state index is -1.77. The Bertz CT molecular complexity index is 973. The molecule has 0 bridgehead atoms. The summed E-state index contributed by atoms with van der Waals surface area (Å²) in [6.45, 7) is 0. The molecule has 0 aromatic heterocycles. The summed E-state index contributed by atoms with van der Waals surface area (Å²) in [6.07, 6.45) is -1.13. The van der Waals surface area contributed by atoms with E-state index in [1.165, 1.54) is 7.11 Å². The molecule has 0 radical (unpaired) electrons. The van der Waals surface area contributed by atoms with Crippen LogP contribution in [0.15, 0.2) is 121 Å². The first-order valence-corrected chi connectivity index (χ1v) is 10.2. The van der Waals surface area contributed by atoms with Crippen molar-refractivity contribution in [2.24, 2.45) is 0 Å². The van der Waals surface area contributed by atoms with Crippen LogP contribution in [0.25, 0.3) is 0 Å². The van der Waals surface area contributed by atoms with Gasteiger partial charge in [0.05, 0.1) is 0 Å². The van der Waals surface area contributed by atoms with Crippen molar-refractivity contribution in [2.75, 3.05) is 7.11 Å². The predicted molar refractivity (Wildman–Crippen MR) is 122 cm³/mol. The Labute approximate surface area is 187 Å². The largest absolute Gasteiger partial charge is 0.451 e. The molecule has 0 N–H and O–H groups in total. The van der Waals surface area contributed by atoms with Gasteiger partial charge in [0.1, 0.15) is 23.0 Å². The zero-order valence-electron chi connectivity index (χ0n) is 17.7. The van der Waals surface area contributed by atoms with Gasteiger partial charge >= 0.3 is 12.3 Å². The van der Waals surface area contributed by atoms with Crippen LogP contribution in [0.5, 0.6) is 23.0 Å². The van der Waals surface area contributed by atoms with Crippen LogP contribution in [-0.4, -0.2) is 19.4 Å². The van der Waals surface area contributed by atoms with Gasteiger partial charge < -0.3 is 23.7 Å². The molecule has 5 heteroatoms. The highest BCUT2D eigenvalue weighted by Gasteiger charge is 2.50. The third kappa shape index (κ3) is 5.39. The summed E-state index contributed by atoms with van der Waals surface area (Å²) < 4.78 is 30.8. The summed E-state index contributed by atoms with van der Waals surface area (Å²) in [7, 11) is 1.49. The van der Waals surface area contributed by atoms with Crippen molar-refractivity contribution in [3.05, 3.63) is 121 Å². The third-order valence-corrected chi connectivity index (χ3v) is 4.55. The summed E-state index contributed by atoms with van der Waals surface area (Å²) in [6, 6.07) is 37.1. The monoisotopic (exact) mass is 428 g/mol. The molecule has 0 fully saturated rings. The fraction of sp³-hybridized carbons (Fsp3) is 0.111. The molecule has 5 nitrogen and oxygen atoms in total. The number of rotatable bonds is 10. The van der Waals surface area contributed by atoms with E-state index in [-0.39, 0.29) is 0 Å². The first-order chi connectivity index (χ1) is 15.8. The number of methoxy groups -OCH3 is 1. The molecule has 0 amide bonds. The zero-order valence-corrected chi connectivity index (χ0v) is 17.7. The second-order valence-corrected chi connectivity index (χ2v) is 6.83. The molecular weight excluding hydrogens is 404 g/mol. The molecule has 0 spiro atoms. The number of hydrogen-bond donors (Lipinski definition) is 0. The molecule has 162 valence electrons. The van der Waals surface area contributed by atoms with E-state index in [0.29, 0.717) is 23.0 Å². The fourth-order valence-corrected chi connectivity index (χ4v) is 3.02. The Morgan fingerprint density at radius 3 is 1.09 bits per heavy atom. The molecule has 0 unspecified atom stereocenters. The van der Waals surface area contributed by atoms with Crippen LogP contribution in [0.4, 0.5) is 0 Å². The van der Waals surface area contributed by atoms with Gasteiger partial charge in [-0.2, -0.15) is 0 Å². The summed E-state index contributed by atoms with van der Waals surface area (Å²) in [5.41, 5.74) is 0. The van der Waals surface area contributed by atoms with E-state index in [1.807, 2.05) is 121 Å². The van der Waals surface area contributed by atoms with Crippen LogP contribution in [-0.2, 0) is 4.74 Å². The lowest BCUT2D eigenvalue weighted by Gasteiger charge is -2.37. The molecule has 4 aromatic rings. The molecular formula is C27H24O5. The van der Waals surface area contributed by atoms with E-state index in [0.717, 1.165) is 0 Å². The molecule has 4 rings (SSSR count). The average molecular weight is 428 g/mol. The Hall–Kier alpha value is -3.96. The summed E-state index contributed by atoms with van der Waals surface area (Å²) in [5.74, 6) is 0.438. The van der Waals surface area contributed by atoms with E-state index in [1.54, 1.807) is 0 Å². The SMILES string of the molecule is COC(Oc1ccccc1)(Oc1ccccc1)C(Oc1ccccc1)Oc1ccccc1. The summed E-state index contributed by atoms with van der Waals surface area (Å²) in [5, 5.41) is 0. The molecule has 4 aromatic carbocycles. The molecule has 0 heterocycles. The third-order valence-electron chi connectivity index (χ3n) is 4.55. The summed E-state index contributed by atoms with van der Waals surface area (Å²) >= 11 is 0. The van der Waals surface area contributed by atoms with E-state index in [2.05, 4.69) is 0 Å². The van der Waals surface area contributed by atoms with Crippen LogP contribution in [0.2, 0.25) is 0 Å². The van der Waals surface area contributed by atoms with Gasteiger partial charge in [-0.1, -0.05) is 72.8 Å². The summed E-state index contributed by atoms with van der Waals surface area (Å²) in [4.78, 5) is 0. The van der Waals surface area contributed by atoms with Gasteiger partial charge in [-0.05, 0) is 48.5 Å². The van der Waals surface area contributed by atoms with Crippen molar-refractivity contribution < 1.29 is 23.7 Å². The van der Waals surface area contributed by atoms with Gasteiger partial charge in [-0.15, -0.1) is 0 Å². The van der Waals surface area contributed by atoms with E-state index in [9.17, 15) is 0 Å². The highest BCUT2D eigenvalue weighted by Crippen LogP contribution is 2.31. The topological polar surface area (TPSA) is 46.2 Å². The van der Waals surface area contributed by atoms with Gasteiger partial charge in [0.15, 0.2) is 0 Å². The van der Waals surface area contributed by atoms with Crippen molar-refractivity contribution in [1.29, 1.82) is 0 Å². The minimum absolute atomic E-state index is 0.531. The Morgan fingerprint density at radius 1 is 0.469 bits per heavy atom. The van der Waals surface area contributed by atoms with Crippen molar-refractivity contribution in [2.45, 2.75) is 12.3 Å². The predicted octanol–water partition coefficient (Wildman–Crippen LogP) is 5.93. The van der Waals surface area contributed by atoms with Crippen LogP contribution in [0.3, 0.4) is 0 Å². The quantitative estimate of drug-likeness (QED) is 0.293. The van der Waals surface area contributed by atoms with Crippen LogP contribution in [0.1, 0.15) is 0 Å². The molecule has 0 aliphatic carbocycles. The minimum Gasteiger partial charge on any atom is -0.446 e. The fourth-order valence-electron chi connectivity index (χ4n) is 3.02. The van der Waals surface area contributed by atoms with E-state index in [4.69, 9.17) is 23.7 Å². The maximum absolute atomic E-state index is 6.27. The number of ether oxygens (including phenoxy) is 5. The van der Waals surface area contributed by atoms with Gasteiger partial charge in [0.25, 0.3) is 0 Å². The molecule has 0 saturated carbocycles. The van der Waals surface area contributed by atoms with Crippen molar-refractivity contribution >= 4 is 0 Å². The Morgan fingerprint density at radius 2 is 0.781 bits per heavy atom. The zero-order chi connectivity index (χ0) is 22.1. The second kappa shape index (κ2) is 10.4. The van der Waals surface area contributed by atoms with Gasteiger partial charge in [0, 0.05) is 7.11 Å². The molecule has 0 aliphatic heterocycles. The number of para-hydroxylation sites is 4. The Balaban J connectivity index is 1.76. The lowest BCUT2D eigenvalue weighted by Crippen LogP contribution is -2.59. The normalized spacial score (nSPS) is 11.1. The first kappa shape index (κ1) is 21.3. The maximum Gasteiger partial charge on any atom is 0.451 e. The molecule has 0 saturated heterocycles. The first-order valence-electron chi connectivity index (χ1n) is 10.2. The van der Waals surface area contributed by atoms with Crippen molar-refractivity contribution in [3.8, 4) is 23.0 Å². The molecule has 0 atom stereocenters. The number of hydrogen-bond acceptors (Lipinski definition) is 5. The number of benzene rings is 4. The molecule has 0 aliphatic rings. The molecule has 32 heavy (non-hydrogen) atoms. The van der Waals surface area contributed by atoms with Gasteiger partial charge in [0.2, 0.25) is 0 Å². The lowest BCUT2D eigenvalue weighted by atomic mass is 10.3. The van der Waals surface area contributed by atoms with Crippen molar-refractivity contribution in [3.63, 3.8) is 0 Å². The average Bonchev–Trinajstić information content (AvgIpc) is 2.86. The lowest BCUT2D eigenvalue weighted by molar-refractivity contribution is -0.362. The standard InChI is InChI=1S/C27H24O5/c1-28-27(31-24-18-10-4-11-19-24,32-25-20-12-5-13-21-25)26(29-22-14-6-2-7-15-22)30-23-16-8-3-9-17-23/h2-21,26H,1H3. The highest BCUT2D eigenvalue weighted by molar-refractivity contribution is 5.27. The van der Waals surface area contributed by atoms with Gasteiger partial charge in [-0.25, -0.2) is 0 Å². The van der Waals surface area contributed by atoms with Crippen LogP contribution >= 0.6 is 0 Å². The smallest absolute Gasteiger partial charge is 0.446 e. The van der Waals surface area contributed by atoms with Crippen LogP contribution in [0, 0.1) is 0 Å². The van der Waals surface area contributed by atoms with Crippen LogP contribution < -0.4 is 18.9 Å². The van der Waals surface area contributed by atoms with Crippen molar-refractivity contribution in [1.82, 2.24) is 0 Å². The highest BCUT2D eigenvalue weighted by atomic mass is 16.9. The van der Waals surface area contributed by atoms with Gasteiger partial charge in [-0.3, -0.25) is 0 Å². The second-order valence-electron chi connectivity index (χ2n) is 6.83. The maximum atomic E-state index is 6.27. The Kier molecular flexibility index (Phi) is 6.90.